The molecule has 7 nitrogen and oxygen atoms in total. The average molecular weight is 349 g/mol. The van der Waals surface area contributed by atoms with Crippen LogP contribution in [0.2, 0.25) is 0 Å². The van der Waals surface area contributed by atoms with Gasteiger partial charge in [0, 0.05) is 10.5 Å². The number of carbonyl (C=O) groups is 2. The number of nitro groups is 1. The van der Waals surface area contributed by atoms with E-state index < -0.39 is 22.9 Å². The van der Waals surface area contributed by atoms with Crippen LogP contribution in [0.15, 0.2) is 35.9 Å². The number of hydrogen-bond acceptors (Lipinski definition) is 6. The molecular formula is C18H23NO6. The lowest BCUT2D eigenvalue weighted by Crippen LogP contribution is -2.33. The Kier molecular flexibility index (Phi) is 8.92. The smallest absolute Gasteiger partial charge is 0.382 e. The number of nitrogens with zero attached hydrogens (tertiary/aromatic N) is 1. The predicted molar refractivity (Wildman–Crippen MR) is 92.3 cm³/mol. The van der Waals surface area contributed by atoms with Crippen molar-refractivity contribution in [3.63, 3.8) is 0 Å². The summed E-state index contributed by atoms with van der Waals surface area (Å²) in [5.74, 6) is -1.62. The van der Waals surface area contributed by atoms with Gasteiger partial charge in [0.1, 0.15) is 0 Å². The van der Waals surface area contributed by atoms with E-state index in [1.165, 1.54) is 6.08 Å². The average Bonchev–Trinajstić information content (AvgIpc) is 2.59. The van der Waals surface area contributed by atoms with Gasteiger partial charge in [0.25, 0.3) is 0 Å². The molecule has 0 bridgehead atoms. The molecule has 0 aromatic heterocycles. The molecule has 0 saturated heterocycles. The summed E-state index contributed by atoms with van der Waals surface area (Å²) in [6.45, 7) is 3.78. The van der Waals surface area contributed by atoms with Crippen LogP contribution in [0.3, 0.4) is 0 Å². The Hall–Kier alpha value is -2.70. The van der Waals surface area contributed by atoms with Crippen molar-refractivity contribution in [2.75, 3.05) is 13.2 Å². The zero-order chi connectivity index (χ0) is 18.7. The van der Waals surface area contributed by atoms with Crippen LogP contribution in [0, 0.1) is 10.1 Å². The first kappa shape index (κ1) is 20.3. The maximum absolute atomic E-state index is 12.3. The monoisotopic (exact) mass is 349 g/mol. The molecule has 0 saturated carbocycles. The fraction of sp³-hybridized carbons (Fsp3) is 0.444. The third-order valence-corrected chi connectivity index (χ3v) is 3.36. The fourth-order valence-electron chi connectivity index (χ4n) is 2.04. The van der Waals surface area contributed by atoms with E-state index in [2.05, 4.69) is 0 Å². The molecule has 0 N–H and O–H groups in total. The van der Waals surface area contributed by atoms with Gasteiger partial charge in [-0.05, 0) is 25.0 Å². The third-order valence-electron chi connectivity index (χ3n) is 3.36. The van der Waals surface area contributed by atoms with Crippen molar-refractivity contribution >= 4 is 18.0 Å². The fourth-order valence-corrected chi connectivity index (χ4v) is 2.04. The Bertz CT molecular complexity index is 611. The van der Waals surface area contributed by atoms with E-state index in [0.29, 0.717) is 12.0 Å². The first-order valence-corrected chi connectivity index (χ1v) is 8.22. The number of esters is 2. The summed E-state index contributed by atoms with van der Waals surface area (Å²) < 4.78 is 9.89. The lowest BCUT2D eigenvalue weighted by molar-refractivity contribution is -0.509. The van der Waals surface area contributed by atoms with Crippen LogP contribution in [0.4, 0.5) is 0 Å². The molecule has 1 atom stereocenters. The van der Waals surface area contributed by atoms with Crippen molar-refractivity contribution in [1.82, 2.24) is 0 Å². The minimum atomic E-state index is -1.64. The topological polar surface area (TPSA) is 95.7 Å². The maximum atomic E-state index is 12.3. The Morgan fingerprint density at radius 3 is 2.44 bits per heavy atom. The summed E-state index contributed by atoms with van der Waals surface area (Å²) in [6, 6.07) is 7.24. The quantitative estimate of drug-likeness (QED) is 0.212. The number of carbonyl (C=O) groups excluding carboxylic acids is 2. The second-order valence-electron chi connectivity index (χ2n) is 5.33. The molecular weight excluding hydrogens is 326 g/mol. The standard InChI is InChI=1S/C18H23NO6/c1-3-5-11-25-17(20)15(12-14-9-7-6-8-10-14)13-16(19(22)23)18(21)24-4-2/h6-10,12,16H,3-5,11,13H2,1-2H3/b15-12-. The zero-order valence-electron chi connectivity index (χ0n) is 14.5. The third kappa shape index (κ3) is 7.15. The van der Waals surface area contributed by atoms with Crippen molar-refractivity contribution in [2.24, 2.45) is 0 Å². The Morgan fingerprint density at radius 2 is 1.88 bits per heavy atom. The van der Waals surface area contributed by atoms with Gasteiger partial charge < -0.3 is 9.47 Å². The van der Waals surface area contributed by atoms with Crippen LogP contribution < -0.4 is 0 Å². The van der Waals surface area contributed by atoms with E-state index >= 15 is 0 Å². The highest BCUT2D eigenvalue weighted by Crippen LogP contribution is 2.16. The van der Waals surface area contributed by atoms with Gasteiger partial charge in [-0.3, -0.25) is 10.1 Å². The summed E-state index contributed by atoms with van der Waals surface area (Å²) >= 11 is 0. The lowest BCUT2D eigenvalue weighted by atomic mass is 10.0. The van der Waals surface area contributed by atoms with Gasteiger partial charge >= 0.3 is 18.0 Å². The van der Waals surface area contributed by atoms with Gasteiger partial charge in [-0.25, -0.2) is 9.59 Å². The number of ether oxygens (including phenoxy) is 2. The van der Waals surface area contributed by atoms with Crippen LogP contribution in [0.5, 0.6) is 0 Å². The Balaban J connectivity index is 3.04. The summed E-state index contributed by atoms with van der Waals surface area (Å²) in [5, 5.41) is 11.2. The van der Waals surface area contributed by atoms with E-state index in [1.54, 1.807) is 31.2 Å². The van der Waals surface area contributed by atoms with Crippen LogP contribution >= 0.6 is 0 Å². The van der Waals surface area contributed by atoms with Gasteiger partial charge in [-0.1, -0.05) is 43.7 Å². The molecule has 0 heterocycles. The maximum Gasteiger partial charge on any atom is 0.382 e. The van der Waals surface area contributed by atoms with Crippen LogP contribution in [0.25, 0.3) is 6.08 Å². The highest BCUT2D eigenvalue weighted by atomic mass is 16.6. The van der Waals surface area contributed by atoms with Gasteiger partial charge in [-0.15, -0.1) is 0 Å². The van der Waals surface area contributed by atoms with E-state index in [0.717, 1.165) is 6.42 Å². The lowest BCUT2D eigenvalue weighted by Gasteiger charge is -2.12. The van der Waals surface area contributed by atoms with Crippen molar-refractivity contribution in [1.29, 1.82) is 0 Å². The van der Waals surface area contributed by atoms with E-state index in [-0.39, 0.29) is 25.2 Å². The summed E-state index contributed by atoms with van der Waals surface area (Å²) in [6.07, 6.45) is 2.67. The van der Waals surface area contributed by atoms with E-state index in [1.807, 2.05) is 13.0 Å². The molecule has 0 aliphatic rings. The molecule has 1 unspecified atom stereocenters. The van der Waals surface area contributed by atoms with Crippen molar-refractivity contribution in [2.45, 2.75) is 39.2 Å². The molecule has 1 aromatic rings. The number of benzene rings is 1. The summed E-state index contributed by atoms with van der Waals surface area (Å²) in [4.78, 5) is 34.6. The zero-order valence-corrected chi connectivity index (χ0v) is 14.5. The Morgan fingerprint density at radius 1 is 1.20 bits per heavy atom. The first-order chi connectivity index (χ1) is 12.0. The molecule has 7 heteroatoms. The van der Waals surface area contributed by atoms with Crippen molar-refractivity contribution < 1.29 is 24.0 Å². The molecule has 0 spiro atoms. The second-order valence-corrected chi connectivity index (χ2v) is 5.33. The first-order valence-electron chi connectivity index (χ1n) is 8.22. The molecule has 0 aliphatic heterocycles. The summed E-state index contributed by atoms with van der Waals surface area (Å²) in [5.41, 5.74) is 0.757. The van der Waals surface area contributed by atoms with Crippen molar-refractivity contribution in [3.8, 4) is 0 Å². The molecule has 0 aliphatic carbocycles. The SMILES string of the molecule is CCCCOC(=O)/C(=C\c1ccccc1)CC(C(=O)OCC)[N+](=O)[O-]. The number of unbranched alkanes of at least 4 members (excludes halogenated alkanes) is 1. The minimum absolute atomic E-state index is 0.0296. The van der Waals surface area contributed by atoms with Gasteiger partial charge in [0.2, 0.25) is 0 Å². The molecule has 1 rings (SSSR count). The van der Waals surface area contributed by atoms with Crippen molar-refractivity contribution in [3.05, 3.63) is 51.6 Å². The predicted octanol–water partition coefficient (Wildman–Crippen LogP) is 3.01. The second kappa shape index (κ2) is 11.0. The minimum Gasteiger partial charge on any atom is -0.462 e. The number of hydrogen-bond donors (Lipinski definition) is 0. The molecule has 1 aromatic carbocycles. The summed E-state index contributed by atoms with van der Waals surface area (Å²) in [7, 11) is 0. The Labute approximate surface area is 146 Å². The van der Waals surface area contributed by atoms with Crippen LogP contribution in [0.1, 0.15) is 38.7 Å². The molecule has 136 valence electrons. The highest BCUT2D eigenvalue weighted by molar-refractivity contribution is 5.94. The molecule has 0 amide bonds. The molecule has 0 radical (unpaired) electrons. The van der Waals surface area contributed by atoms with E-state index in [4.69, 9.17) is 9.47 Å². The van der Waals surface area contributed by atoms with E-state index in [9.17, 15) is 19.7 Å². The van der Waals surface area contributed by atoms with Gasteiger partial charge in [-0.2, -0.15) is 0 Å². The van der Waals surface area contributed by atoms with Crippen LogP contribution in [-0.4, -0.2) is 36.1 Å². The largest absolute Gasteiger partial charge is 0.462 e. The molecule has 0 fully saturated rings. The molecule has 25 heavy (non-hydrogen) atoms. The normalized spacial score (nSPS) is 12.3. The highest BCUT2D eigenvalue weighted by Gasteiger charge is 2.34. The number of rotatable bonds is 10. The van der Waals surface area contributed by atoms with Gasteiger partial charge in [0.05, 0.1) is 19.6 Å². The van der Waals surface area contributed by atoms with Gasteiger partial charge in [0.15, 0.2) is 0 Å². The van der Waals surface area contributed by atoms with Crippen LogP contribution in [-0.2, 0) is 19.1 Å².